The molecule has 0 spiro atoms. The molecule has 198 valence electrons. The molecule has 0 bridgehead atoms. The largest absolute Gasteiger partial charge is 0.308 e. The summed E-state index contributed by atoms with van der Waals surface area (Å²) in [5, 5.41) is 3.86. The SMILES string of the molecule is Cc1ccc(N(c2ccc(-c3ccccc3)cc2)c2cccc3c4c5ccccc5n5c6ccccc6n(c23)c45)cc1. The van der Waals surface area contributed by atoms with Crippen LogP contribution in [0.3, 0.4) is 0 Å². The van der Waals surface area contributed by atoms with Gasteiger partial charge in [-0.1, -0.05) is 103 Å². The number of imidazole rings is 1. The van der Waals surface area contributed by atoms with Crippen molar-refractivity contribution in [3.8, 4) is 11.1 Å². The van der Waals surface area contributed by atoms with Crippen molar-refractivity contribution in [1.82, 2.24) is 8.80 Å². The van der Waals surface area contributed by atoms with Crippen molar-refractivity contribution in [3.63, 3.8) is 0 Å². The van der Waals surface area contributed by atoms with Crippen LogP contribution in [0.15, 0.2) is 146 Å². The Labute approximate surface area is 243 Å². The number of aromatic nitrogens is 2. The first-order valence-electron chi connectivity index (χ1n) is 14.5. The van der Waals surface area contributed by atoms with Crippen molar-refractivity contribution in [1.29, 1.82) is 0 Å². The predicted octanol–water partition coefficient (Wildman–Crippen LogP) is 10.5. The summed E-state index contributed by atoms with van der Waals surface area (Å²) in [6.07, 6.45) is 0. The second-order valence-electron chi connectivity index (χ2n) is 11.1. The van der Waals surface area contributed by atoms with E-state index in [4.69, 9.17) is 0 Å². The Morgan fingerprint density at radius 3 is 1.76 bits per heavy atom. The quantitative estimate of drug-likeness (QED) is 0.217. The van der Waals surface area contributed by atoms with E-state index in [0.717, 1.165) is 17.1 Å². The lowest BCUT2D eigenvalue weighted by molar-refractivity contribution is 1.25. The minimum atomic E-state index is 1.13. The number of nitrogens with zero attached hydrogens (tertiary/aromatic N) is 3. The van der Waals surface area contributed by atoms with Gasteiger partial charge in [0, 0.05) is 27.5 Å². The zero-order chi connectivity index (χ0) is 27.8. The van der Waals surface area contributed by atoms with Gasteiger partial charge in [-0.2, -0.15) is 0 Å². The van der Waals surface area contributed by atoms with E-state index in [0.29, 0.717) is 0 Å². The number of fused-ring (bicyclic) bond motifs is 9. The van der Waals surface area contributed by atoms with Crippen molar-refractivity contribution in [3.05, 3.63) is 151 Å². The maximum Gasteiger partial charge on any atom is 0.131 e. The van der Waals surface area contributed by atoms with E-state index in [-0.39, 0.29) is 0 Å². The molecule has 9 rings (SSSR count). The Balaban J connectivity index is 1.38. The van der Waals surface area contributed by atoms with Crippen LogP contribution in [0.5, 0.6) is 0 Å². The van der Waals surface area contributed by atoms with Gasteiger partial charge < -0.3 is 4.90 Å². The first-order valence-corrected chi connectivity index (χ1v) is 14.5. The highest BCUT2D eigenvalue weighted by atomic mass is 15.2. The van der Waals surface area contributed by atoms with Gasteiger partial charge in [0.15, 0.2) is 0 Å². The highest BCUT2D eigenvalue weighted by molar-refractivity contribution is 6.26. The molecule has 0 atom stereocenters. The Hall–Kier alpha value is -5.54. The molecule has 3 heteroatoms. The predicted molar refractivity (Wildman–Crippen MR) is 177 cm³/mol. The van der Waals surface area contributed by atoms with E-state index >= 15 is 0 Å². The summed E-state index contributed by atoms with van der Waals surface area (Å²) in [6.45, 7) is 2.14. The maximum absolute atomic E-state index is 2.48. The average Bonchev–Trinajstić information content (AvgIpc) is 3.68. The lowest BCUT2D eigenvalue weighted by Crippen LogP contribution is -2.11. The monoisotopic (exact) mass is 537 g/mol. The fourth-order valence-corrected chi connectivity index (χ4v) is 6.83. The van der Waals surface area contributed by atoms with Crippen LogP contribution in [0.1, 0.15) is 5.56 Å². The molecule has 3 aromatic heterocycles. The Morgan fingerprint density at radius 1 is 0.452 bits per heavy atom. The van der Waals surface area contributed by atoms with E-state index in [1.807, 2.05) is 0 Å². The van der Waals surface area contributed by atoms with Gasteiger partial charge in [-0.05, 0) is 66.6 Å². The molecule has 0 amide bonds. The number of aryl methyl sites for hydroxylation is 1. The standard InChI is InChI=1S/C39H27N3/c1-26-18-22-29(23-19-26)40(30-24-20-28(21-25-30)27-10-3-2-4-11-27)36-17-9-13-32-37-31-12-5-6-14-33(31)41-34-15-7-8-16-35(34)42(38(32)36)39(37)41/h2-25H,1H3. The van der Waals surface area contributed by atoms with Gasteiger partial charge in [0.1, 0.15) is 5.65 Å². The van der Waals surface area contributed by atoms with E-state index < -0.39 is 0 Å². The van der Waals surface area contributed by atoms with E-state index in [1.54, 1.807) is 0 Å². The van der Waals surface area contributed by atoms with Gasteiger partial charge in [-0.15, -0.1) is 0 Å². The summed E-state index contributed by atoms with van der Waals surface area (Å²) in [7, 11) is 0. The molecule has 0 saturated heterocycles. The number of hydrogen-bond acceptors (Lipinski definition) is 1. The van der Waals surface area contributed by atoms with Crippen LogP contribution in [-0.2, 0) is 0 Å². The van der Waals surface area contributed by atoms with Gasteiger partial charge >= 0.3 is 0 Å². The number of benzene rings is 6. The summed E-state index contributed by atoms with van der Waals surface area (Å²) in [4.78, 5) is 2.41. The van der Waals surface area contributed by atoms with Gasteiger partial charge in [0.05, 0.1) is 27.8 Å². The van der Waals surface area contributed by atoms with Crippen LogP contribution >= 0.6 is 0 Å². The van der Waals surface area contributed by atoms with Crippen molar-refractivity contribution in [2.45, 2.75) is 6.92 Å². The van der Waals surface area contributed by atoms with E-state index in [1.165, 1.54) is 60.6 Å². The third kappa shape index (κ3) is 3.16. The molecule has 0 aliphatic heterocycles. The Morgan fingerprint density at radius 2 is 1.02 bits per heavy atom. The van der Waals surface area contributed by atoms with E-state index in [9.17, 15) is 0 Å². The van der Waals surface area contributed by atoms with Crippen molar-refractivity contribution >= 4 is 60.9 Å². The molecule has 42 heavy (non-hydrogen) atoms. The number of para-hydroxylation sites is 4. The minimum absolute atomic E-state index is 1.13. The second kappa shape index (κ2) is 8.73. The minimum Gasteiger partial charge on any atom is -0.308 e. The van der Waals surface area contributed by atoms with Crippen molar-refractivity contribution in [2.24, 2.45) is 0 Å². The fourth-order valence-electron chi connectivity index (χ4n) is 6.83. The molecule has 3 nitrogen and oxygen atoms in total. The first-order chi connectivity index (χ1) is 20.8. The van der Waals surface area contributed by atoms with Crippen LogP contribution in [0.25, 0.3) is 55.0 Å². The molecule has 0 saturated carbocycles. The summed E-state index contributed by atoms with van der Waals surface area (Å²) in [5.74, 6) is 0. The Kier molecular flexibility index (Phi) is 4.82. The topological polar surface area (TPSA) is 12.1 Å². The lowest BCUT2D eigenvalue weighted by Gasteiger charge is -2.26. The summed E-state index contributed by atoms with van der Waals surface area (Å²) in [5.41, 5.74) is 13.3. The van der Waals surface area contributed by atoms with Crippen LogP contribution in [-0.4, -0.2) is 8.80 Å². The smallest absolute Gasteiger partial charge is 0.131 e. The highest BCUT2D eigenvalue weighted by Crippen LogP contribution is 2.46. The zero-order valence-corrected chi connectivity index (χ0v) is 23.2. The fraction of sp³-hybridized carbons (Fsp3) is 0.0256. The van der Waals surface area contributed by atoms with Crippen LogP contribution in [0.4, 0.5) is 17.1 Å². The molecule has 0 aliphatic rings. The first kappa shape index (κ1) is 23.2. The molecule has 9 aromatic rings. The van der Waals surface area contributed by atoms with Gasteiger partial charge in [-0.3, -0.25) is 8.80 Å². The van der Waals surface area contributed by atoms with Crippen LogP contribution in [0.2, 0.25) is 0 Å². The molecular weight excluding hydrogens is 510 g/mol. The van der Waals surface area contributed by atoms with E-state index in [2.05, 4.69) is 166 Å². The molecule has 0 N–H and O–H groups in total. The molecule has 6 aromatic carbocycles. The van der Waals surface area contributed by atoms with Crippen LogP contribution in [0, 0.1) is 6.92 Å². The maximum atomic E-state index is 2.48. The summed E-state index contributed by atoms with van der Waals surface area (Å²) >= 11 is 0. The lowest BCUT2D eigenvalue weighted by atomic mass is 10.0. The molecule has 3 heterocycles. The van der Waals surface area contributed by atoms with Crippen molar-refractivity contribution < 1.29 is 0 Å². The van der Waals surface area contributed by atoms with Gasteiger partial charge in [0.25, 0.3) is 0 Å². The van der Waals surface area contributed by atoms with Crippen molar-refractivity contribution in [2.75, 3.05) is 4.90 Å². The number of hydrogen-bond donors (Lipinski definition) is 0. The summed E-state index contributed by atoms with van der Waals surface area (Å²) < 4.78 is 4.92. The average molecular weight is 538 g/mol. The third-order valence-electron chi connectivity index (χ3n) is 8.70. The van der Waals surface area contributed by atoms with Crippen LogP contribution < -0.4 is 4.90 Å². The number of rotatable bonds is 4. The second-order valence-corrected chi connectivity index (χ2v) is 11.1. The normalized spacial score (nSPS) is 11.9. The van der Waals surface area contributed by atoms with Gasteiger partial charge in [0.2, 0.25) is 0 Å². The molecule has 0 fully saturated rings. The molecule has 0 aliphatic carbocycles. The Bertz CT molecular complexity index is 2390. The highest BCUT2D eigenvalue weighted by Gasteiger charge is 2.26. The third-order valence-corrected chi connectivity index (χ3v) is 8.70. The zero-order valence-electron chi connectivity index (χ0n) is 23.2. The summed E-state index contributed by atoms with van der Waals surface area (Å²) in [6, 6.07) is 52.7. The molecule has 0 unspecified atom stereocenters. The van der Waals surface area contributed by atoms with Gasteiger partial charge in [-0.25, -0.2) is 0 Å². The molecule has 0 radical (unpaired) electrons. The molecular formula is C39H27N3. The number of anilines is 3.